The van der Waals surface area contributed by atoms with Gasteiger partial charge in [-0.3, -0.25) is 19.7 Å². The summed E-state index contributed by atoms with van der Waals surface area (Å²) >= 11 is 0. The maximum atomic E-state index is 13.2. The highest BCUT2D eigenvalue weighted by Crippen LogP contribution is 2.60. The number of carbonyl (C=O) groups is 2. The number of nitrogens with zero attached hydrogens (tertiary/aromatic N) is 2. The van der Waals surface area contributed by atoms with Crippen molar-refractivity contribution in [2.75, 3.05) is 7.11 Å². The first-order valence-electron chi connectivity index (χ1n) is 9.32. The van der Waals surface area contributed by atoms with E-state index >= 15 is 0 Å². The van der Waals surface area contributed by atoms with Crippen molar-refractivity contribution < 1.29 is 19.2 Å². The Morgan fingerprint density at radius 1 is 1.22 bits per heavy atom. The lowest BCUT2D eigenvalue weighted by Gasteiger charge is -2.56. The maximum absolute atomic E-state index is 13.2. The number of ether oxygens (including phenoxy) is 1. The van der Waals surface area contributed by atoms with Gasteiger partial charge in [0.15, 0.2) is 5.78 Å². The molecular weight excluding hydrogens is 352 g/mol. The van der Waals surface area contributed by atoms with Crippen molar-refractivity contribution in [3.63, 3.8) is 0 Å². The highest BCUT2D eigenvalue weighted by atomic mass is 16.6. The molecule has 4 saturated carbocycles. The van der Waals surface area contributed by atoms with E-state index in [-0.39, 0.29) is 12.3 Å². The van der Waals surface area contributed by atoms with Gasteiger partial charge in [-0.25, -0.2) is 4.79 Å². The van der Waals surface area contributed by atoms with E-state index in [2.05, 4.69) is 4.74 Å². The topological polar surface area (TPSA) is 109 Å². The van der Waals surface area contributed by atoms with Crippen LogP contribution in [0.3, 0.4) is 0 Å². The minimum Gasteiger partial charge on any atom is -0.465 e. The fourth-order valence-electron chi connectivity index (χ4n) is 5.87. The Labute approximate surface area is 155 Å². The molecule has 0 amide bonds. The zero-order chi connectivity index (χ0) is 19.3. The molecule has 1 heterocycles. The van der Waals surface area contributed by atoms with Crippen molar-refractivity contribution in [2.45, 2.75) is 45.1 Å². The first kappa shape index (κ1) is 17.9. The molecule has 0 aliphatic heterocycles. The van der Waals surface area contributed by atoms with Gasteiger partial charge < -0.3 is 9.30 Å². The lowest BCUT2D eigenvalue weighted by molar-refractivity contribution is -0.385. The highest BCUT2D eigenvalue weighted by molar-refractivity contribution is 5.90. The molecule has 0 unspecified atom stereocenters. The molecule has 0 spiro atoms. The van der Waals surface area contributed by atoms with Crippen LogP contribution in [0.1, 0.15) is 48.9 Å². The molecule has 0 saturated heterocycles. The summed E-state index contributed by atoms with van der Waals surface area (Å²) in [5.41, 5.74) is -1.98. The van der Waals surface area contributed by atoms with Gasteiger partial charge in [-0.1, -0.05) is 0 Å². The van der Waals surface area contributed by atoms with Gasteiger partial charge in [-0.2, -0.15) is 0 Å². The third kappa shape index (κ3) is 2.96. The van der Waals surface area contributed by atoms with Gasteiger partial charge in [0.2, 0.25) is 0 Å². The van der Waals surface area contributed by atoms with E-state index in [4.69, 9.17) is 0 Å². The molecule has 5 rings (SSSR count). The Kier molecular flexibility index (Phi) is 4.16. The summed E-state index contributed by atoms with van der Waals surface area (Å²) in [5, 5.41) is 11.2. The number of rotatable bonds is 5. The quantitative estimate of drug-likeness (QED) is 0.445. The Bertz CT molecular complexity index is 851. The van der Waals surface area contributed by atoms with Crippen LogP contribution in [0.5, 0.6) is 0 Å². The average molecular weight is 374 g/mol. The molecule has 0 N–H and O–H groups in total. The largest absolute Gasteiger partial charge is 0.465 e. The molecule has 8 nitrogen and oxygen atoms in total. The number of pyridine rings is 1. The monoisotopic (exact) mass is 374 g/mol. The summed E-state index contributed by atoms with van der Waals surface area (Å²) in [4.78, 5) is 48.1. The molecule has 8 heteroatoms. The number of nitro groups is 1. The molecule has 0 radical (unpaired) electrons. The van der Waals surface area contributed by atoms with Crippen LogP contribution in [0.2, 0.25) is 0 Å². The van der Waals surface area contributed by atoms with Crippen LogP contribution in [0.25, 0.3) is 0 Å². The fraction of sp³-hybridized carbons (Fsp3) is 0.632. The number of esters is 1. The molecule has 4 fully saturated rings. The molecule has 27 heavy (non-hydrogen) atoms. The predicted molar refractivity (Wildman–Crippen MR) is 94.3 cm³/mol. The van der Waals surface area contributed by atoms with Crippen LogP contribution < -0.4 is 5.56 Å². The summed E-state index contributed by atoms with van der Waals surface area (Å²) in [6.45, 7) is -0.239. The summed E-state index contributed by atoms with van der Waals surface area (Å²) < 4.78 is 5.56. The van der Waals surface area contributed by atoms with E-state index in [0.717, 1.165) is 43.2 Å². The van der Waals surface area contributed by atoms with Crippen molar-refractivity contribution in [1.29, 1.82) is 0 Å². The molecule has 0 aromatic carbocycles. The van der Waals surface area contributed by atoms with Crippen molar-refractivity contribution in [2.24, 2.45) is 23.2 Å². The average Bonchev–Trinajstić information content (AvgIpc) is 2.61. The Morgan fingerprint density at radius 3 is 2.26 bits per heavy atom. The van der Waals surface area contributed by atoms with Crippen LogP contribution in [0, 0.1) is 33.3 Å². The van der Waals surface area contributed by atoms with Gasteiger partial charge in [0.05, 0.1) is 24.8 Å². The van der Waals surface area contributed by atoms with Gasteiger partial charge in [0.25, 0.3) is 11.2 Å². The van der Waals surface area contributed by atoms with Gasteiger partial charge in [0, 0.05) is 11.5 Å². The molecule has 1 aromatic rings. The Hall–Kier alpha value is -2.51. The first-order valence-corrected chi connectivity index (χ1v) is 9.32. The molecule has 0 atom stereocenters. The second-order valence-electron chi connectivity index (χ2n) is 8.41. The summed E-state index contributed by atoms with van der Waals surface area (Å²) in [6, 6.07) is 0.903. The van der Waals surface area contributed by atoms with Gasteiger partial charge >= 0.3 is 5.97 Å². The van der Waals surface area contributed by atoms with Crippen molar-refractivity contribution >= 4 is 17.4 Å². The number of carbonyl (C=O) groups excluding carboxylic acids is 2. The number of hydrogen-bond acceptors (Lipinski definition) is 6. The van der Waals surface area contributed by atoms with Crippen LogP contribution in [0.4, 0.5) is 5.69 Å². The summed E-state index contributed by atoms with van der Waals surface area (Å²) in [7, 11) is 1.10. The maximum Gasteiger partial charge on any atom is 0.343 e. The molecule has 4 bridgehead atoms. The standard InChI is InChI=1S/C19H22N2O6/c1-27-18(24)15-5-14(21(25)26)9-20(17(15)23)10-16(22)19-6-11-2-12(7-19)4-13(3-11)8-19/h5,9,11-13H,2-4,6-8,10H2,1H3. The Morgan fingerprint density at radius 2 is 1.78 bits per heavy atom. The first-order chi connectivity index (χ1) is 12.8. The molecular formula is C19H22N2O6. The van der Waals surface area contributed by atoms with Crippen LogP contribution in [0.15, 0.2) is 17.1 Å². The zero-order valence-electron chi connectivity index (χ0n) is 15.2. The van der Waals surface area contributed by atoms with Crippen molar-refractivity contribution in [3.05, 3.63) is 38.3 Å². The number of hydrogen-bond donors (Lipinski definition) is 0. The smallest absolute Gasteiger partial charge is 0.343 e. The Balaban J connectivity index is 1.67. The third-order valence-electron chi connectivity index (χ3n) is 6.63. The summed E-state index contributed by atoms with van der Waals surface area (Å²) in [6.07, 6.45) is 7.18. The van der Waals surface area contributed by atoms with Crippen LogP contribution >= 0.6 is 0 Å². The van der Waals surface area contributed by atoms with E-state index < -0.39 is 33.1 Å². The number of aromatic nitrogens is 1. The van der Waals surface area contributed by atoms with E-state index in [1.807, 2.05) is 0 Å². The van der Waals surface area contributed by atoms with Gasteiger partial charge in [0.1, 0.15) is 5.56 Å². The molecule has 4 aliphatic carbocycles. The zero-order valence-corrected chi connectivity index (χ0v) is 15.2. The lowest BCUT2D eigenvalue weighted by Crippen LogP contribution is -2.51. The highest BCUT2D eigenvalue weighted by Gasteiger charge is 2.54. The van der Waals surface area contributed by atoms with E-state index in [1.54, 1.807) is 0 Å². The SMILES string of the molecule is COC(=O)c1cc([N+](=O)[O-])cn(CC(=O)C23CC4CC(CC(C4)C2)C3)c1=O. The van der Waals surface area contributed by atoms with Crippen LogP contribution in [-0.2, 0) is 16.1 Å². The number of Topliss-reactive ketones (excluding diaryl/α,β-unsaturated/α-hetero) is 1. The molecule has 144 valence electrons. The van der Waals surface area contributed by atoms with Crippen molar-refractivity contribution in [3.8, 4) is 0 Å². The number of ketones is 1. The second-order valence-corrected chi connectivity index (χ2v) is 8.41. The van der Waals surface area contributed by atoms with E-state index in [0.29, 0.717) is 17.8 Å². The lowest BCUT2D eigenvalue weighted by atomic mass is 9.48. The second kappa shape index (κ2) is 6.28. The molecule has 4 aliphatic rings. The number of methoxy groups -OCH3 is 1. The van der Waals surface area contributed by atoms with Gasteiger partial charge in [-0.15, -0.1) is 0 Å². The third-order valence-corrected chi connectivity index (χ3v) is 6.63. The predicted octanol–water partition coefficient (Wildman–Crippen LogP) is 2.33. The summed E-state index contributed by atoms with van der Waals surface area (Å²) in [5.74, 6) is 0.743. The van der Waals surface area contributed by atoms with Crippen LogP contribution in [-0.4, -0.2) is 28.4 Å². The molecule has 1 aromatic heterocycles. The normalized spacial score (nSPS) is 30.9. The fourth-order valence-corrected chi connectivity index (χ4v) is 5.87. The van der Waals surface area contributed by atoms with Crippen molar-refractivity contribution in [1.82, 2.24) is 4.57 Å². The van der Waals surface area contributed by atoms with E-state index in [9.17, 15) is 24.5 Å². The minimum absolute atomic E-state index is 0.0417. The van der Waals surface area contributed by atoms with Gasteiger partial charge in [-0.05, 0) is 56.3 Å². The van der Waals surface area contributed by atoms with E-state index in [1.165, 1.54) is 19.3 Å². The minimum atomic E-state index is -0.945.